The molecule has 0 radical (unpaired) electrons. The summed E-state index contributed by atoms with van der Waals surface area (Å²) in [7, 11) is 1.95. The Kier molecular flexibility index (Phi) is 12.9. The van der Waals surface area contributed by atoms with E-state index in [0.29, 0.717) is 6.61 Å². The van der Waals surface area contributed by atoms with Gasteiger partial charge in [0.1, 0.15) is 18.2 Å². The SMILES string of the molecule is CNCCCNCc1cc(Br)ccc1OCc1ccc(F)cc1.Cl.Cl. The second-order valence-electron chi connectivity index (χ2n) is 5.30. The fraction of sp³-hybridized carbons (Fsp3) is 0.333. The van der Waals surface area contributed by atoms with Crippen LogP contribution in [0.4, 0.5) is 4.39 Å². The van der Waals surface area contributed by atoms with Gasteiger partial charge in [-0.25, -0.2) is 4.39 Å². The average Bonchev–Trinajstić information content (AvgIpc) is 2.55. The van der Waals surface area contributed by atoms with Gasteiger partial charge in [0.15, 0.2) is 0 Å². The van der Waals surface area contributed by atoms with E-state index in [0.717, 1.165) is 47.4 Å². The molecule has 0 saturated heterocycles. The zero-order valence-corrected chi connectivity index (χ0v) is 17.3. The summed E-state index contributed by atoms with van der Waals surface area (Å²) in [6.07, 6.45) is 1.08. The van der Waals surface area contributed by atoms with E-state index in [4.69, 9.17) is 4.74 Å². The number of rotatable bonds is 9. The van der Waals surface area contributed by atoms with E-state index < -0.39 is 0 Å². The molecule has 3 nitrogen and oxygen atoms in total. The van der Waals surface area contributed by atoms with Crippen molar-refractivity contribution in [2.24, 2.45) is 0 Å². The standard InChI is InChI=1S/C18H22BrFN2O.2ClH/c1-21-9-2-10-22-12-15-11-16(19)5-8-18(15)23-13-14-3-6-17(20)7-4-14;;/h3-8,11,21-22H,2,9-10,12-13H2,1H3;2*1H. The Labute approximate surface area is 169 Å². The van der Waals surface area contributed by atoms with Gasteiger partial charge in [-0.15, -0.1) is 24.8 Å². The first kappa shape index (κ1) is 24.1. The van der Waals surface area contributed by atoms with Crippen molar-refractivity contribution in [2.45, 2.75) is 19.6 Å². The predicted molar refractivity (Wildman–Crippen MR) is 110 cm³/mol. The molecule has 7 heteroatoms. The molecule has 2 N–H and O–H groups in total. The normalized spacial score (nSPS) is 9.88. The number of nitrogens with one attached hydrogen (secondary N) is 2. The van der Waals surface area contributed by atoms with Crippen molar-refractivity contribution < 1.29 is 9.13 Å². The van der Waals surface area contributed by atoms with Crippen molar-refractivity contribution in [1.82, 2.24) is 10.6 Å². The number of halogens is 4. The zero-order chi connectivity index (χ0) is 16.5. The molecule has 140 valence electrons. The Morgan fingerprint density at radius 2 is 1.76 bits per heavy atom. The molecule has 0 atom stereocenters. The third kappa shape index (κ3) is 8.88. The van der Waals surface area contributed by atoms with Crippen molar-refractivity contribution >= 4 is 40.7 Å². The lowest BCUT2D eigenvalue weighted by atomic mass is 10.2. The molecule has 25 heavy (non-hydrogen) atoms. The second-order valence-corrected chi connectivity index (χ2v) is 6.22. The molecule has 0 unspecified atom stereocenters. The van der Waals surface area contributed by atoms with Crippen molar-refractivity contribution in [2.75, 3.05) is 20.1 Å². The Bertz CT molecular complexity index is 615. The van der Waals surface area contributed by atoms with Crippen LogP contribution in [0.1, 0.15) is 17.5 Å². The first-order chi connectivity index (χ1) is 11.2. The van der Waals surface area contributed by atoms with E-state index in [2.05, 4.69) is 32.6 Å². The van der Waals surface area contributed by atoms with Gasteiger partial charge >= 0.3 is 0 Å². The van der Waals surface area contributed by atoms with Crippen LogP contribution >= 0.6 is 40.7 Å². The summed E-state index contributed by atoms with van der Waals surface area (Å²) in [5, 5.41) is 6.55. The largest absolute Gasteiger partial charge is 0.489 e. The van der Waals surface area contributed by atoms with Crippen LogP contribution in [0.25, 0.3) is 0 Å². The van der Waals surface area contributed by atoms with E-state index in [1.807, 2.05) is 19.2 Å². The van der Waals surface area contributed by atoms with E-state index in [1.54, 1.807) is 12.1 Å². The smallest absolute Gasteiger partial charge is 0.124 e. The van der Waals surface area contributed by atoms with Gasteiger partial charge in [0.25, 0.3) is 0 Å². The Morgan fingerprint density at radius 3 is 2.44 bits per heavy atom. The lowest BCUT2D eigenvalue weighted by Gasteiger charge is -2.13. The van der Waals surface area contributed by atoms with E-state index in [9.17, 15) is 4.39 Å². The first-order valence-corrected chi connectivity index (χ1v) is 8.49. The van der Waals surface area contributed by atoms with Crippen molar-refractivity contribution in [3.05, 3.63) is 63.9 Å². The summed E-state index contributed by atoms with van der Waals surface area (Å²) in [5.41, 5.74) is 2.05. The maximum absolute atomic E-state index is 12.9. The fourth-order valence-corrected chi connectivity index (χ4v) is 2.59. The molecule has 2 aromatic carbocycles. The molecular formula is C18H24BrCl2FN2O. The summed E-state index contributed by atoms with van der Waals surface area (Å²) in [6.45, 7) is 3.13. The molecule has 0 spiro atoms. The van der Waals surface area contributed by atoms with E-state index in [-0.39, 0.29) is 30.6 Å². The highest BCUT2D eigenvalue weighted by molar-refractivity contribution is 9.10. The van der Waals surface area contributed by atoms with Gasteiger partial charge in [-0.05, 0) is 62.5 Å². The minimum absolute atomic E-state index is 0. The van der Waals surface area contributed by atoms with Crippen LogP contribution in [0, 0.1) is 5.82 Å². The Hall–Kier alpha value is -0.850. The molecule has 0 aliphatic carbocycles. The minimum atomic E-state index is -0.233. The van der Waals surface area contributed by atoms with Crippen LogP contribution in [0.2, 0.25) is 0 Å². The summed E-state index contributed by atoms with van der Waals surface area (Å²) in [5.74, 6) is 0.613. The number of hydrogen-bond acceptors (Lipinski definition) is 3. The number of ether oxygens (including phenoxy) is 1. The van der Waals surface area contributed by atoms with Gasteiger partial charge in [0.2, 0.25) is 0 Å². The molecule has 0 aliphatic rings. The fourth-order valence-electron chi connectivity index (χ4n) is 2.18. The third-order valence-corrected chi connectivity index (χ3v) is 3.92. The molecule has 0 aromatic heterocycles. The molecule has 2 aromatic rings. The summed E-state index contributed by atoms with van der Waals surface area (Å²) in [4.78, 5) is 0. The minimum Gasteiger partial charge on any atom is -0.489 e. The molecule has 0 bridgehead atoms. The van der Waals surface area contributed by atoms with Crippen molar-refractivity contribution in [3.63, 3.8) is 0 Å². The highest BCUT2D eigenvalue weighted by Crippen LogP contribution is 2.24. The predicted octanol–water partition coefficient (Wildman–Crippen LogP) is 4.71. The highest BCUT2D eigenvalue weighted by atomic mass is 79.9. The lowest BCUT2D eigenvalue weighted by Crippen LogP contribution is -2.19. The molecular weight excluding hydrogens is 430 g/mol. The van der Waals surface area contributed by atoms with Crippen LogP contribution in [-0.4, -0.2) is 20.1 Å². The lowest BCUT2D eigenvalue weighted by molar-refractivity contribution is 0.302. The molecule has 0 saturated carbocycles. The maximum Gasteiger partial charge on any atom is 0.124 e. The number of benzene rings is 2. The highest BCUT2D eigenvalue weighted by Gasteiger charge is 2.05. The van der Waals surface area contributed by atoms with Crippen LogP contribution < -0.4 is 15.4 Å². The van der Waals surface area contributed by atoms with Gasteiger partial charge in [-0.3, -0.25) is 0 Å². The molecule has 0 amide bonds. The molecule has 0 heterocycles. The van der Waals surface area contributed by atoms with E-state index in [1.165, 1.54) is 12.1 Å². The van der Waals surface area contributed by atoms with Crippen molar-refractivity contribution in [1.29, 1.82) is 0 Å². The van der Waals surface area contributed by atoms with E-state index >= 15 is 0 Å². The third-order valence-electron chi connectivity index (χ3n) is 3.43. The molecule has 0 fully saturated rings. The van der Waals surface area contributed by atoms with Crippen molar-refractivity contribution in [3.8, 4) is 5.75 Å². The summed E-state index contributed by atoms with van der Waals surface area (Å²) < 4.78 is 19.9. The second kappa shape index (κ2) is 13.4. The number of hydrogen-bond donors (Lipinski definition) is 2. The molecule has 2 rings (SSSR count). The zero-order valence-electron chi connectivity index (χ0n) is 14.1. The summed E-state index contributed by atoms with van der Waals surface area (Å²) in [6, 6.07) is 12.4. The Balaban J connectivity index is 0.00000288. The van der Waals surface area contributed by atoms with Gasteiger partial charge in [0, 0.05) is 16.6 Å². The van der Waals surface area contributed by atoms with Gasteiger partial charge in [-0.1, -0.05) is 28.1 Å². The van der Waals surface area contributed by atoms with Crippen LogP contribution in [0.5, 0.6) is 5.75 Å². The average molecular weight is 454 g/mol. The maximum atomic E-state index is 12.9. The van der Waals surface area contributed by atoms with Gasteiger partial charge in [0.05, 0.1) is 0 Å². The van der Waals surface area contributed by atoms with Gasteiger partial charge in [-0.2, -0.15) is 0 Å². The van der Waals surface area contributed by atoms with Crippen LogP contribution in [-0.2, 0) is 13.2 Å². The Morgan fingerprint density at radius 1 is 1.04 bits per heavy atom. The summed E-state index contributed by atoms with van der Waals surface area (Å²) >= 11 is 3.50. The topological polar surface area (TPSA) is 33.3 Å². The van der Waals surface area contributed by atoms with Crippen LogP contribution in [0.15, 0.2) is 46.9 Å². The molecule has 0 aliphatic heterocycles. The van der Waals surface area contributed by atoms with Crippen LogP contribution in [0.3, 0.4) is 0 Å². The quantitative estimate of drug-likeness (QED) is 0.539. The first-order valence-electron chi connectivity index (χ1n) is 7.70. The monoisotopic (exact) mass is 452 g/mol. The van der Waals surface area contributed by atoms with Gasteiger partial charge < -0.3 is 15.4 Å².